The van der Waals surface area contributed by atoms with Crippen molar-refractivity contribution in [1.29, 1.82) is 0 Å². The van der Waals surface area contributed by atoms with Crippen molar-refractivity contribution in [3.63, 3.8) is 0 Å². The average molecular weight is 556 g/mol. The zero-order valence-corrected chi connectivity index (χ0v) is 21.9. The van der Waals surface area contributed by atoms with E-state index in [9.17, 15) is 19.2 Å². The number of morpholine rings is 1. The third kappa shape index (κ3) is 4.21. The summed E-state index contributed by atoms with van der Waals surface area (Å²) < 4.78 is 6.80. The molecule has 8 nitrogen and oxygen atoms in total. The number of halogens is 1. The summed E-state index contributed by atoms with van der Waals surface area (Å²) in [4.78, 5) is 57.1. The number of fused-ring (bicyclic) bond motifs is 2. The second-order valence-electron chi connectivity index (χ2n) is 9.06. The number of thioether (sulfide) groups is 1. The summed E-state index contributed by atoms with van der Waals surface area (Å²) >= 11 is 8.39. The van der Waals surface area contributed by atoms with Gasteiger partial charge in [-0.15, -0.1) is 0 Å². The van der Waals surface area contributed by atoms with Crippen molar-refractivity contribution in [1.82, 2.24) is 9.47 Å². The van der Waals surface area contributed by atoms with Crippen LogP contribution >= 0.6 is 34.7 Å². The van der Waals surface area contributed by atoms with E-state index in [-0.39, 0.29) is 29.1 Å². The lowest BCUT2D eigenvalue weighted by atomic mass is 9.83. The Labute approximate surface area is 225 Å². The van der Waals surface area contributed by atoms with Crippen LogP contribution in [0.5, 0.6) is 0 Å². The molecule has 0 bridgehead atoms. The Hall–Kier alpha value is -2.92. The van der Waals surface area contributed by atoms with E-state index in [0.29, 0.717) is 46.9 Å². The number of hydrogen-bond donors (Lipinski definition) is 0. The summed E-state index contributed by atoms with van der Waals surface area (Å²) in [6, 6.07) is 16.0. The maximum Gasteiger partial charge on any atom is 0.308 e. The van der Waals surface area contributed by atoms with Crippen LogP contribution in [0, 0.1) is 5.92 Å². The molecule has 3 aromatic rings. The first-order valence-corrected chi connectivity index (χ1v) is 14.0. The molecule has 2 saturated heterocycles. The van der Waals surface area contributed by atoms with E-state index in [1.54, 1.807) is 41.3 Å². The molecule has 3 aliphatic rings. The molecular weight excluding hydrogens is 534 g/mol. The van der Waals surface area contributed by atoms with Crippen LogP contribution in [0.2, 0.25) is 5.02 Å². The summed E-state index contributed by atoms with van der Waals surface area (Å²) in [5, 5.41) is 0.404. The van der Waals surface area contributed by atoms with E-state index in [1.165, 1.54) is 21.2 Å². The Balaban J connectivity index is 1.44. The summed E-state index contributed by atoms with van der Waals surface area (Å²) in [5.74, 6) is -1.98. The molecule has 0 saturated carbocycles. The third-order valence-corrected chi connectivity index (χ3v) is 9.81. The largest absolute Gasteiger partial charge is 0.378 e. The Morgan fingerprint density at radius 1 is 0.973 bits per heavy atom. The van der Waals surface area contributed by atoms with Crippen LogP contribution in [-0.4, -0.2) is 58.7 Å². The van der Waals surface area contributed by atoms with Crippen LogP contribution in [0.25, 0.3) is 0 Å². The van der Waals surface area contributed by atoms with Crippen molar-refractivity contribution >= 4 is 58.1 Å². The lowest BCUT2D eigenvalue weighted by Gasteiger charge is -2.31. The highest BCUT2D eigenvalue weighted by Gasteiger charge is 2.56. The smallest absolute Gasteiger partial charge is 0.308 e. The summed E-state index contributed by atoms with van der Waals surface area (Å²) in [6.07, 6.45) is 0. The molecule has 0 radical (unpaired) electrons. The fourth-order valence-electron chi connectivity index (χ4n) is 5.16. The van der Waals surface area contributed by atoms with E-state index in [2.05, 4.69) is 0 Å². The van der Waals surface area contributed by atoms with Crippen molar-refractivity contribution < 1.29 is 19.1 Å². The number of ether oxygens (including phenoxy) is 1. The number of benzene rings is 2. The van der Waals surface area contributed by atoms with E-state index < -0.39 is 17.1 Å². The molecule has 0 aliphatic carbocycles. The Bertz CT molecular complexity index is 1430. The third-order valence-electron chi connectivity index (χ3n) is 6.95. The molecular formula is C26H22ClN3O5S2. The summed E-state index contributed by atoms with van der Waals surface area (Å²) in [7, 11) is 0. The molecule has 0 N–H and O–H groups in total. The van der Waals surface area contributed by atoms with Gasteiger partial charge < -0.3 is 9.64 Å². The number of thiazole rings is 1. The van der Waals surface area contributed by atoms with Gasteiger partial charge in [0.15, 0.2) is 0 Å². The van der Waals surface area contributed by atoms with Crippen LogP contribution in [-0.2, 0) is 25.7 Å². The van der Waals surface area contributed by atoms with Crippen molar-refractivity contribution in [3.8, 4) is 0 Å². The molecule has 3 atom stereocenters. The number of para-hydroxylation sites is 1. The predicted octanol–water partition coefficient (Wildman–Crippen LogP) is 3.22. The van der Waals surface area contributed by atoms with Gasteiger partial charge in [-0.3, -0.25) is 23.7 Å². The van der Waals surface area contributed by atoms with Crippen LogP contribution in [0.3, 0.4) is 0 Å². The fraction of sp³-hybridized carbons (Fsp3) is 0.308. The molecule has 0 spiro atoms. The van der Waals surface area contributed by atoms with E-state index in [1.807, 2.05) is 18.2 Å². The average Bonchev–Trinajstić information content (AvgIpc) is 3.36. The van der Waals surface area contributed by atoms with Gasteiger partial charge in [0.25, 0.3) is 0 Å². The quantitative estimate of drug-likeness (QED) is 0.459. The zero-order valence-electron chi connectivity index (χ0n) is 19.5. The highest BCUT2D eigenvalue weighted by atomic mass is 35.5. The van der Waals surface area contributed by atoms with Gasteiger partial charge in [-0.2, -0.15) is 0 Å². The molecule has 11 heteroatoms. The normalized spacial score (nSPS) is 23.2. The fourth-order valence-corrected chi connectivity index (χ4v) is 8.06. The minimum atomic E-state index is -0.723. The second-order valence-corrected chi connectivity index (χ2v) is 11.6. The van der Waals surface area contributed by atoms with E-state index in [4.69, 9.17) is 16.3 Å². The summed E-state index contributed by atoms with van der Waals surface area (Å²) in [6.45, 7) is 1.76. The molecule has 3 aliphatic heterocycles. The lowest BCUT2D eigenvalue weighted by Crippen LogP contribution is -2.43. The van der Waals surface area contributed by atoms with Crippen LogP contribution in [0.1, 0.15) is 16.4 Å². The summed E-state index contributed by atoms with van der Waals surface area (Å²) in [5.41, 5.74) is 1.32. The molecule has 2 fully saturated rings. The lowest BCUT2D eigenvalue weighted by molar-refractivity contribution is -0.136. The number of hydrogen-bond acceptors (Lipinski definition) is 7. The van der Waals surface area contributed by atoms with Gasteiger partial charge in [-0.05, 0) is 29.8 Å². The van der Waals surface area contributed by atoms with Crippen molar-refractivity contribution in [3.05, 3.63) is 79.7 Å². The molecule has 6 rings (SSSR count). The molecule has 3 amide bonds. The molecule has 2 aromatic carbocycles. The molecule has 1 aromatic heterocycles. The Morgan fingerprint density at radius 3 is 2.38 bits per heavy atom. The first-order chi connectivity index (χ1) is 17.9. The number of carbonyl (C=O) groups is 3. The Morgan fingerprint density at radius 2 is 1.68 bits per heavy atom. The highest BCUT2D eigenvalue weighted by Crippen LogP contribution is 2.53. The van der Waals surface area contributed by atoms with Gasteiger partial charge in [0.2, 0.25) is 17.7 Å². The maximum atomic E-state index is 13.8. The van der Waals surface area contributed by atoms with E-state index >= 15 is 0 Å². The molecule has 37 heavy (non-hydrogen) atoms. The second kappa shape index (κ2) is 9.75. The minimum absolute atomic E-state index is 0.118. The minimum Gasteiger partial charge on any atom is -0.378 e. The van der Waals surface area contributed by atoms with Gasteiger partial charge >= 0.3 is 4.87 Å². The highest BCUT2D eigenvalue weighted by molar-refractivity contribution is 8.00. The molecule has 190 valence electrons. The number of nitrogens with zero attached hydrogens (tertiary/aromatic N) is 3. The van der Waals surface area contributed by atoms with Gasteiger partial charge in [-0.25, -0.2) is 4.90 Å². The van der Waals surface area contributed by atoms with Crippen molar-refractivity contribution in [2.24, 2.45) is 5.92 Å². The van der Waals surface area contributed by atoms with Crippen molar-refractivity contribution in [2.45, 2.75) is 22.7 Å². The van der Waals surface area contributed by atoms with Crippen LogP contribution < -0.4 is 9.77 Å². The zero-order chi connectivity index (χ0) is 25.7. The van der Waals surface area contributed by atoms with Crippen LogP contribution in [0.4, 0.5) is 5.69 Å². The number of aromatic nitrogens is 1. The Kier molecular flexibility index (Phi) is 6.44. The van der Waals surface area contributed by atoms with Crippen molar-refractivity contribution in [2.75, 3.05) is 31.2 Å². The topological polar surface area (TPSA) is 88.9 Å². The van der Waals surface area contributed by atoms with E-state index in [0.717, 1.165) is 16.9 Å². The number of anilines is 1. The van der Waals surface area contributed by atoms with Gasteiger partial charge in [0.05, 0.1) is 29.8 Å². The first kappa shape index (κ1) is 24.4. The standard InChI is InChI=1S/C26H22ClN3O5S2/c27-16-8-6-15(7-9-16)19-20-21(24(33)30(23(20)32)17-4-2-1-3-5-17)36-25-22(19)37-26(34)29(25)14-18(31)28-10-12-35-13-11-28/h1-9,19-21H,10-14H2. The van der Waals surface area contributed by atoms with Crippen LogP contribution in [0.15, 0.2) is 64.4 Å². The van der Waals surface area contributed by atoms with Gasteiger partial charge in [-0.1, -0.05) is 65.0 Å². The number of imide groups is 1. The maximum absolute atomic E-state index is 13.8. The number of carbonyl (C=O) groups excluding carboxylic acids is 3. The first-order valence-electron chi connectivity index (χ1n) is 11.9. The van der Waals surface area contributed by atoms with Gasteiger partial charge in [0.1, 0.15) is 11.8 Å². The number of amides is 3. The monoisotopic (exact) mass is 555 g/mol. The molecule has 4 heterocycles. The predicted molar refractivity (Wildman–Crippen MR) is 141 cm³/mol. The van der Waals surface area contributed by atoms with Gasteiger partial charge in [0, 0.05) is 28.9 Å². The molecule has 3 unspecified atom stereocenters. The number of rotatable bonds is 4. The SMILES string of the molecule is O=C(Cn1c2c(sc1=O)C(c1ccc(Cl)cc1)C1C(=O)N(c3ccccc3)C(=O)C1S2)N1CCOCC1.